The number of anilines is 1. The van der Waals surface area contributed by atoms with Gasteiger partial charge in [0.2, 0.25) is 0 Å². The highest BCUT2D eigenvalue weighted by molar-refractivity contribution is 5.84. The Kier molecular flexibility index (Phi) is 5.04. The molecule has 108 valence electrons. The van der Waals surface area contributed by atoms with Gasteiger partial charge >= 0.3 is 0 Å². The molecule has 2 N–H and O–H groups in total. The zero-order chi connectivity index (χ0) is 15.1. The average Bonchev–Trinajstić information content (AvgIpc) is 2.47. The topological polar surface area (TPSA) is 53.5 Å². The lowest BCUT2D eigenvalue weighted by Gasteiger charge is -2.05. The summed E-state index contributed by atoms with van der Waals surface area (Å²) in [6.07, 6.45) is 1.28. The summed E-state index contributed by atoms with van der Waals surface area (Å²) in [6.45, 7) is 2.07. The van der Waals surface area contributed by atoms with Gasteiger partial charge in [-0.05, 0) is 30.7 Å². The molecule has 5 heteroatoms. The molecule has 21 heavy (non-hydrogen) atoms. The Morgan fingerprint density at radius 1 is 1.24 bits per heavy atom. The van der Waals surface area contributed by atoms with Gasteiger partial charge in [-0.15, -0.1) is 0 Å². The number of hydrazone groups is 1. The molecule has 0 radical (unpaired) electrons. The van der Waals surface area contributed by atoms with Gasteiger partial charge in [-0.1, -0.05) is 30.3 Å². The molecule has 0 saturated carbocycles. The second-order valence-electron chi connectivity index (χ2n) is 4.54. The van der Waals surface area contributed by atoms with Crippen molar-refractivity contribution in [1.29, 1.82) is 0 Å². The quantitative estimate of drug-likeness (QED) is 0.655. The molecular weight excluding hydrogens is 269 g/mol. The van der Waals surface area contributed by atoms with Crippen LogP contribution in [0.4, 0.5) is 10.1 Å². The van der Waals surface area contributed by atoms with E-state index >= 15 is 0 Å². The second-order valence-corrected chi connectivity index (χ2v) is 4.54. The van der Waals surface area contributed by atoms with Crippen LogP contribution in [0.2, 0.25) is 0 Å². The first-order valence-electron chi connectivity index (χ1n) is 6.52. The fraction of sp³-hybridized carbons (Fsp3) is 0.125. The number of nitrogens with one attached hydrogen (secondary N) is 2. The summed E-state index contributed by atoms with van der Waals surface area (Å²) < 4.78 is 13.3. The minimum Gasteiger partial charge on any atom is -0.376 e. The maximum atomic E-state index is 13.3. The maximum absolute atomic E-state index is 13.3. The summed E-state index contributed by atoms with van der Waals surface area (Å²) in [7, 11) is 0. The van der Waals surface area contributed by atoms with Crippen LogP contribution < -0.4 is 10.7 Å². The maximum Gasteiger partial charge on any atom is 0.259 e. The van der Waals surface area contributed by atoms with Crippen molar-refractivity contribution in [3.05, 3.63) is 65.5 Å². The number of benzene rings is 2. The molecule has 2 rings (SSSR count). The highest BCUT2D eigenvalue weighted by atomic mass is 19.1. The van der Waals surface area contributed by atoms with Gasteiger partial charge in [0.25, 0.3) is 5.91 Å². The largest absolute Gasteiger partial charge is 0.376 e. The Labute approximate surface area is 122 Å². The van der Waals surface area contributed by atoms with E-state index in [1.165, 1.54) is 12.3 Å². The summed E-state index contributed by atoms with van der Waals surface area (Å²) in [6, 6.07) is 13.9. The molecule has 0 aliphatic heterocycles. The van der Waals surface area contributed by atoms with Gasteiger partial charge in [-0.25, -0.2) is 9.82 Å². The zero-order valence-electron chi connectivity index (χ0n) is 11.6. The molecule has 0 aliphatic carbocycles. The van der Waals surface area contributed by atoms with E-state index in [2.05, 4.69) is 15.8 Å². The molecule has 0 spiro atoms. The lowest BCUT2D eigenvalue weighted by atomic mass is 10.2. The molecule has 0 unspecified atom stereocenters. The van der Waals surface area contributed by atoms with Gasteiger partial charge < -0.3 is 5.32 Å². The van der Waals surface area contributed by atoms with Crippen molar-refractivity contribution in [2.45, 2.75) is 6.92 Å². The molecule has 0 bridgehead atoms. The van der Waals surface area contributed by atoms with Gasteiger partial charge in [0.1, 0.15) is 5.82 Å². The van der Waals surface area contributed by atoms with Crippen LogP contribution in [0.5, 0.6) is 0 Å². The van der Waals surface area contributed by atoms with E-state index in [-0.39, 0.29) is 18.3 Å². The highest BCUT2D eigenvalue weighted by Gasteiger charge is 2.00. The van der Waals surface area contributed by atoms with E-state index in [4.69, 9.17) is 0 Å². The number of nitrogens with zero attached hydrogens (tertiary/aromatic N) is 1. The predicted molar refractivity (Wildman–Crippen MR) is 81.8 cm³/mol. The summed E-state index contributed by atoms with van der Waals surface area (Å²) in [5.74, 6) is -0.683. The molecule has 0 aromatic heterocycles. The van der Waals surface area contributed by atoms with E-state index in [0.717, 1.165) is 11.3 Å². The van der Waals surface area contributed by atoms with Crippen LogP contribution in [0.3, 0.4) is 0 Å². The molecule has 0 heterocycles. The normalized spacial score (nSPS) is 10.6. The van der Waals surface area contributed by atoms with Crippen LogP contribution in [-0.4, -0.2) is 18.7 Å². The first-order valence-corrected chi connectivity index (χ1v) is 6.52. The fourth-order valence-corrected chi connectivity index (χ4v) is 1.73. The van der Waals surface area contributed by atoms with Crippen LogP contribution in [0.25, 0.3) is 0 Å². The zero-order valence-corrected chi connectivity index (χ0v) is 11.6. The number of rotatable bonds is 5. The van der Waals surface area contributed by atoms with Crippen molar-refractivity contribution < 1.29 is 9.18 Å². The van der Waals surface area contributed by atoms with Crippen LogP contribution in [0.1, 0.15) is 11.1 Å². The number of amides is 1. The molecule has 2 aromatic rings. The first-order chi connectivity index (χ1) is 10.1. The molecule has 0 saturated heterocycles. The monoisotopic (exact) mass is 285 g/mol. The van der Waals surface area contributed by atoms with Gasteiger partial charge in [-0.3, -0.25) is 4.79 Å². The minimum absolute atomic E-state index is 0.0953. The fourth-order valence-electron chi connectivity index (χ4n) is 1.73. The molecular formula is C16H16FN3O. The number of halogens is 1. The Bertz CT molecular complexity index is 655. The third-order valence-corrected chi connectivity index (χ3v) is 2.77. The lowest BCUT2D eigenvalue weighted by Crippen LogP contribution is -2.25. The Morgan fingerprint density at radius 3 is 2.81 bits per heavy atom. The van der Waals surface area contributed by atoms with Crippen LogP contribution in [-0.2, 0) is 4.79 Å². The van der Waals surface area contributed by atoms with Gasteiger partial charge in [0.15, 0.2) is 0 Å². The van der Waals surface area contributed by atoms with E-state index in [9.17, 15) is 9.18 Å². The SMILES string of the molecule is Cc1cccc(NCC(=O)N/N=C/c2ccccc2F)c1. The summed E-state index contributed by atoms with van der Waals surface area (Å²) in [4.78, 5) is 11.6. The summed E-state index contributed by atoms with van der Waals surface area (Å²) in [5, 5.41) is 6.71. The number of aryl methyl sites for hydroxylation is 1. The Morgan fingerprint density at radius 2 is 2.05 bits per heavy atom. The lowest BCUT2D eigenvalue weighted by molar-refractivity contribution is -0.119. The smallest absolute Gasteiger partial charge is 0.259 e. The van der Waals surface area contributed by atoms with E-state index < -0.39 is 0 Å². The number of hydrogen-bond donors (Lipinski definition) is 2. The van der Waals surface area contributed by atoms with Crippen molar-refractivity contribution in [3.8, 4) is 0 Å². The van der Waals surface area contributed by atoms with E-state index in [1.54, 1.807) is 18.2 Å². The Hall–Kier alpha value is -2.69. The van der Waals surface area contributed by atoms with Gasteiger partial charge in [-0.2, -0.15) is 5.10 Å². The van der Waals surface area contributed by atoms with E-state index in [1.807, 2.05) is 31.2 Å². The van der Waals surface area contributed by atoms with Crippen molar-refractivity contribution in [3.63, 3.8) is 0 Å². The number of hydrogen-bond acceptors (Lipinski definition) is 3. The van der Waals surface area contributed by atoms with Crippen molar-refractivity contribution in [1.82, 2.24) is 5.43 Å². The van der Waals surface area contributed by atoms with Crippen molar-refractivity contribution in [2.75, 3.05) is 11.9 Å². The first kappa shape index (κ1) is 14.7. The van der Waals surface area contributed by atoms with Gasteiger partial charge in [0.05, 0.1) is 12.8 Å². The highest BCUT2D eigenvalue weighted by Crippen LogP contribution is 2.08. The molecule has 0 fully saturated rings. The summed E-state index contributed by atoms with van der Waals surface area (Å²) >= 11 is 0. The molecule has 2 aromatic carbocycles. The third-order valence-electron chi connectivity index (χ3n) is 2.77. The molecule has 4 nitrogen and oxygen atoms in total. The summed E-state index contributed by atoms with van der Waals surface area (Å²) in [5.41, 5.74) is 4.64. The van der Waals surface area contributed by atoms with Crippen molar-refractivity contribution in [2.24, 2.45) is 5.10 Å². The average molecular weight is 285 g/mol. The van der Waals surface area contributed by atoms with Crippen LogP contribution in [0.15, 0.2) is 53.6 Å². The van der Waals surface area contributed by atoms with Crippen LogP contribution >= 0.6 is 0 Å². The standard InChI is InChI=1S/C16H16FN3O/c1-12-5-4-7-14(9-12)18-11-16(21)20-19-10-13-6-2-3-8-15(13)17/h2-10,18H,11H2,1H3,(H,20,21)/b19-10+. The number of carbonyl (C=O) groups is 1. The van der Waals surface area contributed by atoms with Crippen LogP contribution in [0, 0.1) is 12.7 Å². The third kappa shape index (κ3) is 4.72. The second kappa shape index (κ2) is 7.19. The van der Waals surface area contributed by atoms with Crippen molar-refractivity contribution >= 4 is 17.8 Å². The Balaban J connectivity index is 1.81. The molecule has 1 amide bonds. The van der Waals surface area contributed by atoms with Gasteiger partial charge in [0, 0.05) is 11.3 Å². The molecule has 0 atom stereocenters. The predicted octanol–water partition coefficient (Wildman–Crippen LogP) is 2.70. The number of carbonyl (C=O) groups excluding carboxylic acids is 1. The molecule has 0 aliphatic rings. The minimum atomic E-state index is -0.381. The van der Waals surface area contributed by atoms with E-state index in [0.29, 0.717) is 5.56 Å².